The van der Waals surface area contributed by atoms with Crippen LogP contribution in [0.3, 0.4) is 0 Å². The SMILES string of the molecule is COc1ccc(Br)c(NC(=O)c2cc(O)[nH]c(=O)c2)c1. The van der Waals surface area contributed by atoms with Gasteiger partial charge in [0.05, 0.1) is 18.4 Å². The molecule has 0 atom stereocenters. The van der Waals surface area contributed by atoms with Gasteiger partial charge in [0.15, 0.2) is 5.88 Å². The third-order valence-corrected chi connectivity index (χ3v) is 3.21. The minimum absolute atomic E-state index is 0.0565. The molecule has 0 radical (unpaired) electrons. The molecule has 1 amide bonds. The number of amides is 1. The normalized spacial score (nSPS) is 10.1. The molecule has 2 rings (SSSR count). The van der Waals surface area contributed by atoms with Gasteiger partial charge in [-0.2, -0.15) is 0 Å². The van der Waals surface area contributed by atoms with Gasteiger partial charge in [-0.1, -0.05) is 0 Å². The number of aromatic nitrogens is 1. The van der Waals surface area contributed by atoms with E-state index in [1.54, 1.807) is 18.2 Å². The van der Waals surface area contributed by atoms with E-state index in [4.69, 9.17) is 4.74 Å². The number of aromatic hydroxyl groups is 1. The number of hydrogen-bond acceptors (Lipinski definition) is 4. The van der Waals surface area contributed by atoms with Crippen molar-refractivity contribution in [1.29, 1.82) is 0 Å². The van der Waals surface area contributed by atoms with Gasteiger partial charge in [-0.15, -0.1) is 0 Å². The summed E-state index contributed by atoms with van der Waals surface area (Å²) in [6, 6.07) is 7.37. The van der Waals surface area contributed by atoms with E-state index in [0.717, 1.165) is 6.07 Å². The molecular weight excluding hydrogens is 328 g/mol. The number of hydrogen-bond donors (Lipinski definition) is 3. The van der Waals surface area contributed by atoms with Crippen LogP contribution >= 0.6 is 15.9 Å². The standard InChI is InChI=1S/C13H11BrN2O4/c1-20-8-2-3-9(14)10(6-8)15-13(19)7-4-11(17)16-12(18)5-7/h2-6H,1H3,(H,15,19)(H2,16,17,18). The molecule has 0 bridgehead atoms. The molecular formula is C13H11BrN2O4. The summed E-state index contributed by atoms with van der Waals surface area (Å²) in [6.07, 6.45) is 0. The highest BCUT2D eigenvalue weighted by Crippen LogP contribution is 2.27. The fourth-order valence-corrected chi connectivity index (χ4v) is 1.93. The van der Waals surface area contributed by atoms with E-state index in [0.29, 0.717) is 15.9 Å². The summed E-state index contributed by atoms with van der Waals surface area (Å²) in [4.78, 5) is 25.4. The summed E-state index contributed by atoms with van der Waals surface area (Å²) in [5.74, 6) is -0.301. The average Bonchev–Trinajstić information content (AvgIpc) is 2.40. The summed E-state index contributed by atoms with van der Waals surface area (Å²) in [7, 11) is 1.52. The predicted molar refractivity (Wildman–Crippen MR) is 77.4 cm³/mol. The number of halogens is 1. The summed E-state index contributed by atoms with van der Waals surface area (Å²) >= 11 is 3.30. The molecule has 104 valence electrons. The Bertz CT molecular complexity index is 712. The molecule has 1 aromatic heterocycles. The third kappa shape index (κ3) is 3.18. The highest BCUT2D eigenvalue weighted by atomic mass is 79.9. The van der Waals surface area contributed by atoms with E-state index >= 15 is 0 Å². The van der Waals surface area contributed by atoms with Crippen molar-refractivity contribution in [2.75, 3.05) is 12.4 Å². The van der Waals surface area contributed by atoms with Crippen molar-refractivity contribution in [1.82, 2.24) is 4.98 Å². The molecule has 0 aliphatic carbocycles. The topological polar surface area (TPSA) is 91.4 Å². The number of rotatable bonds is 3. The van der Waals surface area contributed by atoms with Crippen LogP contribution in [0, 0.1) is 0 Å². The van der Waals surface area contributed by atoms with Gasteiger partial charge in [0.1, 0.15) is 5.75 Å². The van der Waals surface area contributed by atoms with E-state index < -0.39 is 11.5 Å². The van der Waals surface area contributed by atoms with Crippen LogP contribution in [0.4, 0.5) is 5.69 Å². The number of methoxy groups -OCH3 is 1. The number of benzene rings is 1. The van der Waals surface area contributed by atoms with Gasteiger partial charge in [0, 0.05) is 22.7 Å². The Morgan fingerprint density at radius 2 is 2.10 bits per heavy atom. The summed E-state index contributed by atoms with van der Waals surface area (Å²) in [5.41, 5.74) is -0.00468. The van der Waals surface area contributed by atoms with Gasteiger partial charge in [-0.05, 0) is 28.1 Å². The van der Waals surface area contributed by atoms with Crippen molar-refractivity contribution in [2.45, 2.75) is 0 Å². The molecule has 2 aromatic rings. The summed E-state index contributed by atoms with van der Waals surface area (Å²) in [6.45, 7) is 0. The molecule has 3 N–H and O–H groups in total. The zero-order valence-electron chi connectivity index (χ0n) is 10.4. The molecule has 1 aromatic carbocycles. The zero-order chi connectivity index (χ0) is 14.7. The zero-order valence-corrected chi connectivity index (χ0v) is 12.0. The van der Waals surface area contributed by atoms with Gasteiger partial charge >= 0.3 is 0 Å². The van der Waals surface area contributed by atoms with Gasteiger partial charge in [0.25, 0.3) is 11.5 Å². The number of carbonyl (C=O) groups excluding carboxylic acids is 1. The quantitative estimate of drug-likeness (QED) is 0.799. The number of pyridine rings is 1. The molecule has 7 heteroatoms. The van der Waals surface area contributed by atoms with E-state index in [9.17, 15) is 14.7 Å². The van der Waals surface area contributed by atoms with Gasteiger partial charge in [-0.3, -0.25) is 14.6 Å². The molecule has 6 nitrogen and oxygen atoms in total. The maximum absolute atomic E-state index is 12.0. The molecule has 0 saturated heterocycles. The number of nitrogens with one attached hydrogen (secondary N) is 2. The van der Waals surface area contributed by atoms with E-state index in [1.807, 2.05) is 0 Å². The fraction of sp³-hybridized carbons (Fsp3) is 0.0769. The van der Waals surface area contributed by atoms with Crippen molar-refractivity contribution < 1.29 is 14.6 Å². The highest BCUT2D eigenvalue weighted by Gasteiger charge is 2.11. The summed E-state index contributed by atoms with van der Waals surface area (Å²) < 4.78 is 5.74. The van der Waals surface area contributed by atoms with Crippen molar-refractivity contribution in [3.8, 4) is 11.6 Å². The second-order valence-corrected chi connectivity index (χ2v) is 4.77. The largest absolute Gasteiger partial charge is 0.497 e. The van der Waals surface area contributed by atoms with Crippen LogP contribution in [0.25, 0.3) is 0 Å². The van der Waals surface area contributed by atoms with Crippen molar-refractivity contribution >= 4 is 27.5 Å². The molecule has 0 spiro atoms. The van der Waals surface area contributed by atoms with Gasteiger partial charge < -0.3 is 15.2 Å². The lowest BCUT2D eigenvalue weighted by atomic mass is 10.2. The van der Waals surface area contributed by atoms with Gasteiger partial charge in [0.2, 0.25) is 0 Å². The molecule has 0 unspecified atom stereocenters. The number of anilines is 1. The van der Waals surface area contributed by atoms with Crippen LogP contribution in [0.15, 0.2) is 39.6 Å². The Balaban J connectivity index is 2.29. The number of ether oxygens (including phenoxy) is 1. The first-order valence-corrected chi connectivity index (χ1v) is 6.37. The minimum atomic E-state index is -0.556. The lowest BCUT2D eigenvalue weighted by molar-refractivity contribution is 0.102. The van der Waals surface area contributed by atoms with Crippen molar-refractivity contribution in [2.24, 2.45) is 0 Å². The lowest BCUT2D eigenvalue weighted by Gasteiger charge is -2.09. The first-order valence-electron chi connectivity index (χ1n) is 5.58. The van der Waals surface area contributed by atoms with Crippen LogP contribution < -0.4 is 15.6 Å². The Morgan fingerprint density at radius 1 is 1.35 bits per heavy atom. The second-order valence-electron chi connectivity index (χ2n) is 3.92. The van der Waals surface area contributed by atoms with Crippen LogP contribution in [-0.4, -0.2) is 23.1 Å². The Kier molecular flexibility index (Phi) is 4.09. The Labute approximate surface area is 122 Å². The smallest absolute Gasteiger partial charge is 0.256 e. The van der Waals surface area contributed by atoms with Crippen molar-refractivity contribution in [3.63, 3.8) is 0 Å². The van der Waals surface area contributed by atoms with Crippen LogP contribution in [0.5, 0.6) is 11.6 Å². The molecule has 1 heterocycles. The molecule has 0 aliphatic rings. The van der Waals surface area contributed by atoms with Crippen molar-refractivity contribution in [3.05, 3.63) is 50.7 Å². The predicted octanol–water partition coefficient (Wildman–Crippen LogP) is 2.10. The number of carbonyl (C=O) groups is 1. The van der Waals surface area contributed by atoms with Crippen LogP contribution in [-0.2, 0) is 0 Å². The Morgan fingerprint density at radius 3 is 2.75 bits per heavy atom. The first kappa shape index (κ1) is 14.1. The number of aromatic amines is 1. The minimum Gasteiger partial charge on any atom is -0.497 e. The summed E-state index contributed by atoms with van der Waals surface area (Å²) in [5, 5.41) is 11.9. The highest BCUT2D eigenvalue weighted by molar-refractivity contribution is 9.10. The Hall–Kier alpha value is -2.28. The first-order chi connectivity index (χ1) is 9.49. The maximum atomic E-state index is 12.0. The molecule has 0 saturated carbocycles. The molecule has 0 aliphatic heterocycles. The molecule has 0 fully saturated rings. The number of H-pyrrole nitrogens is 1. The average molecular weight is 339 g/mol. The fourth-order valence-electron chi connectivity index (χ4n) is 1.58. The van der Waals surface area contributed by atoms with Crippen LogP contribution in [0.2, 0.25) is 0 Å². The van der Waals surface area contributed by atoms with E-state index in [1.165, 1.54) is 13.2 Å². The van der Waals surface area contributed by atoms with E-state index in [2.05, 4.69) is 26.2 Å². The molecule has 20 heavy (non-hydrogen) atoms. The van der Waals surface area contributed by atoms with Gasteiger partial charge in [-0.25, -0.2) is 0 Å². The lowest BCUT2D eigenvalue weighted by Crippen LogP contribution is -2.16. The second kappa shape index (κ2) is 5.79. The van der Waals surface area contributed by atoms with Crippen LogP contribution in [0.1, 0.15) is 10.4 Å². The van der Waals surface area contributed by atoms with E-state index in [-0.39, 0.29) is 11.4 Å². The third-order valence-electron chi connectivity index (χ3n) is 2.51. The maximum Gasteiger partial charge on any atom is 0.256 e. The monoisotopic (exact) mass is 338 g/mol.